The first-order chi connectivity index (χ1) is 14.6. The molecule has 0 aromatic heterocycles. The summed E-state index contributed by atoms with van der Waals surface area (Å²) in [6.45, 7) is 9.58. The van der Waals surface area contributed by atoms with Crippen LogP contribution in [-0.2, 0) is 4.74 Å². The van der Waals surface area contributed by atoms with Gasteiger partial charge in [0.05, 0.1) is 0 Å². The molecule has 0 unspecified atom stereocenters. The van der Waals surface area contributed by atoms with Crippen LogP contribution in [-0.4, -0.2) is 50.5 Å². The number of ether oxygens (including phenoxy) is 1. The Hall–Kier alpha value is -2.30. The first-order valence-corrected chi connectivity index (χ1v) is 12.4. The third-order valence-electron chi connectivity index (χ3n) is 5.72. The summed E-state index contributed by atoms with van der Waals surface area (Å²) >= 11 is 0.176. The number of likely N-dealkylation sites (tertiary alicyclic amines) is 1. The Kier molecular flexibility index (Phi) is 5.65. The maximum absolute atomic E-state index is 12.9. The van der Waals surface area contributed by atoms with E-state index in [2.05, 4.69) is 18.3 Å². The Bertz CT molecular complexity index is 970. The van der Waals surface area contributed by atoms with Crippen LogP contribution in [0.2, 0.25) is 4.31 Å². The van der Waals surface area contributed by atoms with Crippen molar-refractivity contribution in [1.29, 1.82) is 0 Å². The molecule has 1 aliphatic carbocycles. The van der Waals surface area contributed by atoms with E-state index in [0.29, 0.717) is 0 Å². The number of rotatable bonds is 4. The molecule has 164 valence electrons. The average molecular weight is 485 g/mol. The number of hydrogen-bond donors (Lipinski definition) is 1. The van der Waals surface area contributed by atoms with Crippen LogP contribution in [0.25, 0.3) is 0 Å². The molecule has 1 heterocycles. The fraction of sp³-hybridized carbons (Fsp3) is 0.440. The topological polar surface area (TPSA) is 58.6 Å². The fourth-order valence-electron chi connectivity index (χ4n) is 4.78. The molecule has 6 heteroatoms. The molecule has 31 heavy (non-hydrogen) atoms. The Morgan fingerprint density at radius 3 is 2.26 bits per heavy atom. The third kappa shape index (κ3) is 4.97. The van der Waals surface area contributed by atoms with Crippen molar-refractivity contribution in [3.05, 3.63) is 60.2 Å². The summed E-state index contributed by atoms with van der Waals surface area (Å²) in [5.41, 5.74) is 1.34. The monoisotopic (exact) mass is 486 g/mol. The van der Waals surface area contributed by atoms with Crippen molar-refractivity contribution < 1.29 is 14.3 Å². The zero-order chi connectivity index (χ0) is 22.3. The van der Waals surface area contributed by atoms with Crippen LogP contribution in [0, 0.1) is 5.41 Å². The minimum atomic E-state index is -0.457. The molecule has 2 amide bonds. The van der Waals surface area contributed by atoms with Gasteiger partial charge in [0, 0.05) is 0 Å². The van der Waals surface area contributed by atoms with Crippen molar-refractivity contribution in [1.82, 2.24) is 4.90 Å². The summed E-state index contributed by atoms with van der Waals surface area (Å²) in [6, 6.07) is 17.5. The number of anilines is 1. The standard InChI is InChI=1S/C25H30N2O3Se/c1-23(2,3)30-22(29)27-16-25(17-27)14-24(4,15-25)31-20-13-9-8-12-19(20)21(28)26-18-10-6-5-7-11-18/h5-13H,14-17H2,1-4H3,(H,26,28). The number of hydrogen-bond acceptors (Lipinski definition) is 3. The van der Waals surface area contributed by atoms with Gasteiger partial charge in [-0.3, -0.25) is 0 Å². The first-order valence-electron chi connectivity index (χ1n) is 10.7. The molecule has 0 bridgehead atoms. The van der Waals surface area contributed by atoms with Crippen LogP contribution >= 0.6 is 0 Å². The Labute approximate surface area is 190 Å². The average Bonchev–Trinajstić information content (AvgIpc) is 2.63. The number of benzene rings is 2. The molecule has 2 aliphatic rings. The minimum absolute atomic E-state index is 0.0546. The number of nitrogens with one attached hydrogen (secondary N) is 1. The summed E-state index contributed by atoms with van der Waals surface area (Å²) in [5.74, 6) is -0.0546. The van der Waals surface area contributed by atoms with Gasteiger partial charge in [-0.05, 0) is 0 Å². The van der Waals surface area contributed by atoms with E-state index in [1.54, 1.807) is 0 Å². The van der Waals surface area contributed by atoms with E-state index in [9.17, 15) is 9.59 Å². The molecule has 1 N–H and O–H groups in total. The number of nitrogens with zero attached hydrogens (tertiary/aromatic N) is 1. The Balaban J connectivity index is 1.36. The molecule has 2 aromatic rings. The van der Waals surface area contributed by atoms with E-state index >= 15 is 0 Å². The molecule has 1 spiro atoms. The summed E-state index contributed by atoms with van der Waals surface area (Å²) in [7, 11) is 0. The molecule has 4 rings (SSSR count). The van der Waals surface area contributed by atoms with Crippen LogP contribution in [0.15, 0.2) is 54.6 Å². The van der Waals surface area contributed by atoms with Gasteiger partial charge in [0.1, 0.15) is 0 Å². The molecule has 1 saturated heterocycles. The van der Waals surface area contributed by atoms with Crippen molar-refractivity contribution in [2.24, 2.45) is 5.41 Å². The molecule has 2 aromatic carbocycles. The predicted molar refractivity (Wildman–Crippen MR) is 124 cm³/mol. The van der Waals surface area contributed by atoms with Gasteiger partial charge in [0.25, 0.3) is 0 Å². The number of carbonyl (C=O) groups excluding carboxylic acids is 2. The summed E-state index contributed by atoms with van der Waals surface area (Å²) in [6.07, 6.45) is 1.97. The van der Waals surface area contributed by atoms with E-state index in [0.717, 1.165) is 41.6 Å². The van der Waals surface area contributed by atoms with E-state index < -0.39 is 5.60 Å². The Morgan fingerprint density at radius 1 is 1.00 bits per heavy atom. The predicted octanol–water partition coefficient (Wildman–Crippen LogP) is 4.48. The number of carbonyl (C=O) groups is 2. The quantitative estimate of drug-likeness (QED) is 0.650. The first kappa shape index (κ1) is 21.9. The normalized spacial score (nSPS) is 18.6. The van der Waals surface area contributed by atoms with Gasteiger partial charge in [-0.1, -0.05) is 0 Å². The zero-order valence-electron chi connectivity index (χ0n) is 18.6. The van der Waals surface area contributed by atoms with Crippen molar-refractivity contribution in [2.45, 2.75) is 50.5 Å². The van der Waals surface area contributed by atoms with Gasteiger partial charge >= 0.3 is 191 Å². The molecular weight excluding hydrogens is 455 g/mol. The van der Waals surface area contributed by atoms with Gasteiger partial charge in [-0.15, -0.1) is 0 Å². The van der Waals surface area contributed by atoms with Crippen molar-refractivity contribution >= 4 is 37.1 Å². The van der Waals surface area contributed by atoms with Gasteiger partial charge in [0.2, 0.25) is 0 Å². The molecule has 0 radical (unpaired) electrons. The fourth-order valence-corrected chi connectivity index (χ4v) is 8.36. The molecular formula is C25H30N2O3Se. The van der Waals surface area contributed by atoms with Crippen molar-refractivity contribution in [2.75, 3.05) is 18.4 Å². The van der Waals surface area contributed by atoms with Crippen LogP contribution < -0.4 is 9.78 Å². The van der Waals surface area contributed by atoms with E-state index in [1.165, 1.54) is 0 Å². The zero-order valence-corrected chi connectivity index (χ0v) is 20.3. The second-order valence-corrected chi connectivity index (χ2v) is 13.5. The van der Waals surface area contributed by atoms with Crippen LogP contribution in [0.4, 0.5) is 10.5 Å². The molecule has 1 saturated carbocycles. The third-order valence-corrected chi connectivity index (χ3v) is 8.57. The van der Waals surface area contributed by atoms with Gasteiger partial charge in [-0.25, -0.2) is 0 Å². The van der Waals surface area contributed by atoms with E-state index in [1.807, 2.05) is 74.2 Å². The summed E-state index contributed by atoms with van der Waals surface area (Å²) < 4.78 is 6.84. The van der Waals surface area contributed by atoms with Gasteiger partial charge in [-0.2, -0.15) is 0 Å². The number of para-hydroxylation sites is 1. The molecule has 0 atom stereocenters. The SMILES string of the molecule is CC(C)(C)OC(=O)N1CC2(C1)CC(C)([Se]c1ccccc1C(=O)Nc1ccccc1)C2. The molecule has 1 aliphatic heterocycles. The molecule has 2 fully saturated rings. The summed E-state index contributed by atoms with van der Waals surface area (Å²) in [4.78, 5) is 27.0. The summed E-state index contributed by atoms with van der Waals surface area (Å²) in [5, 5.41) is 3.01. The van der Waals surface area contributed by atoms with E-state index in [-0.39, 0.29) is 36.7 Å². The van der Waals surface area contributed by atoms with Gasteiger partial charge < -0.3 is 0 Å². The van der Waals surface area contributed by atoms with Crippen molar-refractivity contribution in [3.63, 3.8) is 0 Å². The molecule has 5 nitrogen and oxygen atoms in total. The second kappa shape index (κ2) is 7.99. The Morgan fingerprint density at radius 2 is 1.61 bits per heavy atom. The van der Waals surface area contributed by atoms with Gasteiger partial charge in [0.15, 0.2) is 0 Å². The van der Waals surface area contributed by atoms with Crippen molar-refractivity contribution in [3.8, 4) is 0 Å². The van der Waals surface area contributed by atoms with E-state index in [4.69, 9.17) is 4.74 Å². The van der Waals surface area contributed by atoms with Crippen LogP contribution in [0.5, 0.6) is 0 Å². The maximum atomic E-state index is 12.9. The second-order valence-electron chi connectivity index (χ2n) is 10.1. The number of amides is 2. The van der Waals surface area contributed by atoms with Crippen LogP contribution in [0.3, 0.4) is 0 Å². The van der Waals surface area contributed by atoms with Crippen LogP contribution in [0.1, 0.15) is 50.9 Å².